The predicted octanol–water partition coefficient (Wildman–Crippen LogP) is 7.17. The molecule has 0 saturated carbocycles. The van der Waals surface area contributed by atoms with Gasteiger partial charge in [0.25, 0.3) is 0 Å². The molecule has 6 rings (SSSR count). The minimum Gasteiger partial charge on any atom is -0.507 e. The summed E-state index contributed by atoms with van der Waals surface area (Å²) >= 11 is 0. The summed E-state index contributed by atoms with van der Waals surface area (Å²) in [5.41, 5.74) is 3.35. The minimum atomic E-state index is -0.254. The summed E-state index contributed by atoms with van der Waals surface area (Å²) in [6.45, 7) is 3.44. The van der Waals surface area contributed by atoms with Crippen LogP contribution in [0.2, 0.25) is 0 Å². The lowest BCUT2D eigenvalue weighted by atomic mass is 10.1. The molecule has 0 fully saturated rings. The normalized spacial score (nSPS) is 11.3. The third kappa shape index (κ3) is 11.0. The number of carbonyl (C=O) groups is 1. The average Bonchev–Trinajstić information content (AvgIpc) is 3.64. The highest BCUT2D eigenvalue weighted by molar-refractivity contribution is 6.08. The number of nitrogens with zero attached hydrogens (tertiary/aromatic N) is 3. The SMILES string of the molecule is O=C(/C=C/c1ccc(OCCCCc2cn(CCOCCOCCOc3ccc(-c4cc(=O)c5ccccc5o4)cc3)nn2)cc1)c1ccccc1O. The molecule has 272 valence electrons. The number of phenols is 1. The summed E-state index contributed by atoms with van der Waals surface area (Å²) < 4.78 is 30.6. The number of hydrogen-bond donors (Lipinski definition) is 1. The summed E-state index contributed by atoms with van der Waals surface area (Å²) in [5.74, 6) is 1.69. The fourth-order valence-corrected chi connectivity index (χ4v) is 5.44. The molecular formula is C42H41N3O8. The van der Waals surface area contributed by atoms with Crippen LogP contribution in [0.15, 0.2) is 125 Å². The molecule has 11 heteroatoms. The molecular weight excluding hydrogens is 674 g/mol. The van der Waals surface area contributed by atoms with E-state index >= 15 is 0 Å². The summed E-state index contributed by atoms with van der Waals surface area (Å²) in [7, 11) is 0. The van der Waals surface area contributed by atoms with Gasteiger partial charge in [-0.2, -0.15) is 0 Å². The summed E-state index contributed by atoms with van der Waals surface area (Å²) in [4.78, 5) is 24.7. The van der Waals surface area contributed by atoms with Gasteiger partial charge in [-0.3, -0.25) is 9.59 Å². The molecule has 6 aromatic rings. The molecule has 2 heterocycles. The first-order valence-electron chi connectivity index (χ1n) is 17.6. The second-order valence-corrected chi connectivity index (χ2v) is 12.1. The maximum atomic E-state index is 12.4. The van der Waals surface area contributed by atoms with Crippen molar-refractivity contribution in [1.29, 1.82) is 0 Å². The fraction of sp³-hybridized carbons (Fsp3) is 0.238. The highest BCUT2D eigenvalue weighted by Crippen LogP contribution is 2.24. The van der Waals surface area contributed by atoms with Crippen LogP contribution in [0.25, 0.3) is 28.4 Å². The van der Waals surface area contributed by atoms with Gasteiger partial charge in [-0.1, -0.05) is 47.7 Å². The number of fused-ring (bicyclic) bond motifs is 1. The quantitative estimate of drug-likeness (QED) is 0.0493. The zero-order valence-corrected chi connectivity index (χ0v) is 29.3. The van der Waals surface area contributed by atoms with Crippen LogP contribution in [-0.2, 0) is 22.4 Å². The standard InChI is InChI=1S/C42H41N3O8/c46-38-10-3-1-8-36(38)39(47)21-14-31-12-17-34(18-13-31)51-23-6-5-7-33-30-45(44-43-33)22-24-49-25-26-50-27-28-52-35-19-15-32(16-20-35)42-29-40(48)37-9-2-4-11-41(37)53-42/h1-4,8-21,29-30,46H,5-7,22-28H2/b21-14+. The van der Waals surface area contributed by atoms with Crippen LogP contribution in [0, 0.1) is 0 Å². The Labute approximate surface area is 307 Å². The van der Waals surface area contributed by atoms with Crippen molar-refractivity contribution in [2.24, 2.45) is 0 Å². The second-order valence-electron chi connectivity index (χ2n) is 12.1. The van der Waals surface area contributed by atoms with Crippen LogP contribution in [0.1, 0.15) is 34.5 Å². The number of aromatic nitrogens is 3. The fourth-order valence-electron chi connectivity index (χ4n) is 5.44. The Bertz CT molecular complexity index is 2160. The topological polar surface area (TPSA) is 135 Å². The number of para-hydroxylation sites is 2. The molecule has 0 aliphatic rings. The molecule has 1 N–H and O–H groups in total. The van der Waals surface area contributed by atoms with E-state index in [-0.39, 0.29) is 22.5 Å². The van der Waals surface area contributed by atoms with E-state index in [0.717, 1.165) is 41.8 Å². The third-order valence-corrected chi connectivity index (χ3v) is 8.27. The van der Waals surface area contributed by atoms with E-state index in [1.807, 2.05) is 66.9 Å². The van der Waals surface area contributed by atoms with Gasteiger partial charge in [0.2, 0.25) is 0 Å². The van der Waals surface area contributed by atoms with Crippen molar-refractivity contribution in [3.05, 3.63) is 142 Å². The molecule has 0 bridgehead atoms. The summed E-state index contributed by atoms with van der Waals surface area (Å²) in [6.07, 6.45) is 7.70. The van der Waals surface area contributed by atoms with Crippen LogP contribution < -0.4 is 14.9 Å². The summed E-state index contributed by atoms with van der Waals surface area (Å²) in [5, 5.41) is 18.9. The molecule has 0 saturated heterocycles. The first-order chi connectivity index (χ1) is 26.0. The Balaban J connectivity index is 0.778. The number of ether oxygens (including phenoxy) is 4. The molecule has 0 aliphatic carbocycles. The van der Waals surface area contributed by atoms with E-state index in [0.29, 0.717) is 68.7 Å². The van der Waals surface area contributed by atoms with Crippen molar-refractivity contribution < 1.29 is 33.3 Å². The average molecular weight is 716 g/mol. The minimum absolute atomic E-state index is 0.0306. The number of carbonyl (C=O) groups excluding carboxylic acids is 1. The third-order valence-electron chi connectivity index (χ3n) is 8.27. The lowest BCUT2D eigenvalue weighted by molar-refractivity contribution is 0.0333. The first kappa shape index (κ1) is 36.7. The number of aromatic hydroxyl groups is 1. The van der Waals surface area contributed by atoms with Crippen LogP contribution >= 0.6 is 0 Å². The Hall–Kier alpha value is -6.04. The van der Waals surface area contributed by atoms with Gasteiger partial charge in [0.15, 0.2) is 11.2 Å². The zero-order valence-electron chi connectivity index (χ0n) is 29.3. The van der Waals surface area contributed by atoms with Gasteiger partial charge in [-0.25, -0.2) is 4.68 Å². The van der Waals surface area contributed by atoms with Crippen molar-refractivity contribution in [3.8, 4) is 28.6 Å². The van der Waals surface area contributed by atoms with Gasteiger partial charge in [0.05, 0.1) is 56.2 Å². The van der Waals surface area contributed by atoms with E-state index in [9.17, 15) is 14.7 Å². The molecule has 0 atom stereocenters. The number of benzene rings is 4. The Kier molecular flexibility index (Phi) is 13.2. The van der Waals surface area contributed by atoms with E-state index in [2.05, 4.69) is 10.3 Å². The number of ketones is 1. The maximum absolute atomic E-state index is 12.4. The smallest absolute Gasteiger partial charge is 0.193 e. The van der Waals surface area contributed by atoms with Crippen LogP contribution in [0.4, 0.5) is 0 Å². The largest absolute Gasteiger partial charge is 0.507 e. The van der Waals surface area contributed by atoms with Crippen molar-refractivity contribution in [2.75, 3.05) is 39.6 Å². The van der Waals surface area contributed by atoms with Crippen LogP contribution in [-0.4, -0.2) is 65.5 Å². The van der Waals surface area contributed by atoms with E-state index in [1.54, 1.807) is 41.1 Å². The molecule has 0 aliphatic heterocycles. The number of phenolic OH excluding ortho intramolecular Hbond substituents is 1. The van der Waals surface area contributed by atoms with Crippen molar-refractivity contribution in [2.45, 2.75) is 25.8 Å². The predicted molar refractivity (Wildman–Crippen MR) is 201 cm³/mol. The molecule has 53 heavy (non-hydrogen) atoms. The molecule has 11 nitrogen and oxygen atoms in total. The van der Waals surface area contributed by atoms with Crippen molar-refractivity contribution in [3.63, 3.8) is 0 Å². The number of hydrogen-bond acceptors (Lipinski definition) is 10. The number of rotatable bonds is 20. The summed E-state index contributed by atoms with van der Waals surface area (Å²) in [6, 6.07) is 30.1. The van der Waals surface area contributed by atoms with Gasteiger partial charge >= 0.3 is 0 Å². The highest BCUT2D eigenvalue weighted by Gasteiger charge is 2.08. The van der Waals surface area contributed by atoms with Crippen molar-refractivity contribution >= 4 is 22.8 Å². The van der Waals surface area contributed by atoms with Crippen molar-refractivity contribution in [1.82, 2.24) is 15.0 Å². The van der Waals surface area contributed by atoms with E-state index < -0.39 is 0 Å². The Morgan fingerprint density at radius 1 is 0.774 bits per heavy atom. The number of allylic oxidation sites excluding steroid dienone is 1. The molecule has 0 unspecified atom stereocenters. The lowest BCUT2D eigenvalue weighted by Crippen LogP contribution is -2.13. The second kappa shape index (κ2) is 19.0. The molecule has 0 radical (unpaired) electrons. The van der Waals surface area contributed by atoms with E-state index in [4.69, 9.17) is 23.4 Å². The monoisotopic (exact) mass is 715 g/mol. The number of unbranched alkanes of at least 4 members (excludes halogenated alkanes) is 1. The molecule has 0 amide bonds. The molecule has 0 spiro atoms. The van der Waals surface area contributed by atoms with Crippen LogP contribution in [0.5, 0.6) is 17.2 Å². The van der Waals surface area contributed by atoms with E-state index in [1.165, 1.54) is 18.2 Å². The molecule has 2 aromatic heterocycles. The molecule has 4 aromatic carbocycles. The first-order valence-corrected chi connectivity index (χ1v) is 17.6. The van der Waals surface area contributed by atoms with Gasteiger partial charge in [0.1, 0.15) is 35.2 Å². The lowest BCUT2D eigenvalue weighted by Gasteiger charge is -2.09. The van der Waals surface area contributed by atoms with Crippen LogP contribution in [0.3, 0.4) is 0 Å². The Morgan fingerprint density at radius 2 is 1.47 bits per heavy atom. The Morgan fingerprint density at radius 3 is 2.28 bits per heavy atom. The van der Waals surface area contributed by atoms with Gasteiger partial charge in [0, 0.05) is 17.8 Å². The maximum Gasteiger partial charge on any atom is 0.193 e. The van der Waals surface area contributed by atoms with Gasteiger partial charge in [-0.15, -0.1) is 5.10 Å². The highest BCUT2D eigenvalue weighted by atomic mass is 16.5. The van der Waals surface area contributed by atoms with Gasteiger partial charge < -0.3 is 28.5 Å². The van der Waals surface area contributed by atoms with Gasteiger partial charge in [-0.05, 0) is 91.6 Å². The number of aryl methyl sites for hydroxylation is 1. The zero-order chi connectivity index (χ0) is 36.7.